The van der Waals surface area contributed by atoms with E-state index in [1.54, 1.807) is 5.57 Å². The van der Waals surface area contributed by atoms with Crippen LogP contribution in [0.1, 0.15) is 52.9 Å². The number of hydrogen-bond acceptors (Lipinski definition) is 0. The van der Waals surface area contributed by atoms with Gasteiger partial charge in [0.05, 0.1) is 0 Å². The first kappa shape index (κ1) is 11.0. The SMILES string of the molecule is C=C1CCCC(C)(C)[C@H]2C=C(C)CC[C@@H]12. The minimum Gasteiger partial charge on any atom is -0.0996 e. The summed E-state index contributed by atoms with van der Waals surface area (Å²) in [5, 5.41) is 0. The van der Waals surface area contributed by atoms with Gasteiger partial charge in [0, 0.05) is 0 Å². The summed E-state index contributed by atoms with van der Waals surface area (Å²) in [6.07, 6.45) is 9.14. The fourth-order valence-corrected chi connectivity index (χ4v) is 3.42. The van der Waals surface area contributed by atoms with Gasteiger partial charge in [-0.15, -0.1) is 0 Å². The average Bonchev–Trinajstić information content (AvgIpc) is 2.26. The Hall–Kier alpha value is -0.520. The summed E-state index contributed by atoms with van der Waals surface area (Å²) < 4.78 is 0. The molecule has 0 saturated heterocycles. The summed E-state index contributed by atoms with van der Waals surface area (Å²) in [6.45, 7) is 11.5. The normalized spacial score (nSPS) is 35.4. The molecule has 2 aliphatic rings. The molecule has 0 N–H and O–H groups in total. The van der Waals surface area contributed by atoms with Gasteiger partial charge in [-0.1, -0.05) is 37.6 Å². The molecule has 0 bridgehead atoms. The van der Waals surface area contributed by atoms with Gasteiger partial charge >= 0.3 is 0 Å². The van der Waals surface area contributed by atoms with Crippen LogP contribution in [-0.4, -0.2) is 0 Å². The van der Waals surface area contributed by atoms with Crippen LogP contribution in [0.2, 0.25) is 0 Å². The molecule has 0 heterocycles. The maximum atomic E-state index is 4.32. The van der Waals surface area contributed by atoms with Gasteiger partial charge in [-0.25, -0.2) is 0 Å². The molecule has 0 amide bonds. The van der Waals surface area contributed by atoms with E-state index in [0.717, 1.165) is 11.8 Å². The van der Waals surface area contributed by atoms with E-state index in [0.29, 0.717) is 5.41 Å². The van der Waals surface area contributed by atoms with Gasteiger partial charge in [0.2, 0.25) is 0 Å². The Kier molecular flexibility index (Phi) is 2.79. The Morgan fingerprint density at radius 2 is 2.07 bits per heavy atom. The summed E-state index contributed by atoms with van der Waals surface area (Å²) in [4.78, 5) is 0. The highest BCUT2D eigenvalue weighted by Gasteiger charge is 2.38. The molecule has 84 valence electrons. The fraction of sp³-hybridized carbons (Fsp3) is 0.733. The van der Waals surface area contributed by atoms with Gasteiger partial charge in [-0.2, -0.15) is 0 Å². The van der Waals surface area contributed by atoms with Crippen LogP contribution < -0.4 is 0 Å². The Morgan fingerprint density at radius 1 is 1.33 bits per heavy atom. The van der Waals surface area contributed by atoms with E-state index in [1.165, 1.54) is 37.7 Å². The van der Waals surface area contributed by atoms with Crippen LogP contribution in [0.5, 0.6) is 0 Å². The molecule has 15 heavy (non-hydrogen) atoms. The molecule has 0 aliphatic heterocycles. The lowest BCUT2D eigenvalue weighted by Crippen LogP contribution is -2.30. The first-order valence-electron chi connectivity index (χ1n) is 6.36. The third kappa shape index (κ3) is 2.04. The number of fused-ring (bicyclic) bond motifs is 1. The molecule has 0 unspecified atom stereocenters. The lowest BCUT2D eigenvalue weighted by atomic mass is 9.65. The summed E-state index contributed by atoms with van der Waals surface area (Å²) in [7, 11) is 0. The summed E-state index contributed by atoms with van der Waals surface area (Å²) in [5.74, 6) is 1.52. The molecule has 0 aromatic carbocycles. The van der Waals surface area contributed by atoms with Crippen LogP contribution in [-0.2, 0) is 0 Å². The van der Waals surface area contributed by atoms with Crippen molar-refractivity contribution in [2.24, 2.45) is 17.3 Å². The smallest absolute Gasteiger partial charge is 0.0114 e. The van der Waals surface area contributed by atoms with E-state index in [1.807, 2.05) is 0 Å². The quantitative estimate of drug-likeness (QED) is 0.501. The van der Waals surface area contributed by atoms with Crippen LogP contribution in [0.15, 0.2) is 23.8 Å². The average molecular weight is 204 g/mol. The van der Waals surface area contributed by atoms with Crippen LogP contribution in [0.3, 0.4) is 0 Å². The summed E-state index contributed by atoms with van der Waals surface area (Å²) >= 11 is 0. The van der Waals surface area contributed by atoms with Gasteiger partial charge in [-0.05, 0) is 56.3 Å². The second-order valence-corrected chi connectivity index (χ2v) is 6.18. The molecule has 2 atom stereocenters. The fourth-order valence-electron chi connectivity index (χ4n) is 3.42. The van der Waals surface area contributed by atoms with Crippen molar-refractivity contribution < 1.29 is 0 Å². The zero-order valence-corrected chi connectivity index (χ0v) is 10.5. The molecule has 0 heteroatoms. The molecular formula is C15H24. The molecule has 0 nitrogen and oxygen atoms in total. The standard InChI is InChI=1S/C15H24/c1-11-7-8-13-12(2)6-5-9-15(3,4)14(13)10-11/h10,13-14H,2,5-9H2,1,3-4H3/t13-,14-/m0/s1. The van der Waals surface area contributed by atoms with Crippen LogP contribution in [0.4, 0.5) is 0 Å². The van der Waals surface area contributed by atoms with E-state index in [9.17, 15) is 0 Å². The molecular weight excluding hydrogens is 180 g/mol. The molecule has 0 aromatic heterocycles. The predicted molar refractivity (Wildman–Crippen MR) is 66.7 cm³/mol. The van der Waals surface area contributed by atoms with Crippen molar-refractivity contribution in [3.63, 3.8) is 0 Å². The Bertz CT molecular complexity index is 293. The van der Waals surface area contributed by atoms with E-state index in [4.69, 9.17) is 0 Å². The zero-order valence-electron chi connectivity index (χ0n) is 10.5. The number of hydrogen-bond donors (Lipinski definition) is 0. The van der Waals surface area contributed by atoms with E-state index in [-0.39, 0.29) is 0 Å². The van der Waals surface area contributed by atoms with E-state index in [2.05, 4.69) is 33.4 Å². The molecule has 0 aromatic rings. The second-order valence-electron chi connectivity index (χ2n) is 6.18. The lowest BCUT2D eigenvalue weighted by molar-refractivity contribution is 0.186. The highest BCUT2D eigenvalue weighted by atomic mass is 14.4. The molecule has 2 rings (SSSR count). The Morgan fingerprint density at radius 3 is 2.80 bits per heavy atom. The number of rotatable bonds is 0. The monoisotopic (exact) mass is 204 g/mol. The Labute approximate surface area is 94.5 Å². The van der Waals surface area contributed by atoms with Gasteiger partial charge in [-0.3, -0.25) is 0 Å². The number of allylic oxidation sites excluding steroid dienone is 3. The largest absolute Gasteiger partial charge is 0.0996 e. The summed E-state index contributed by atoms with van der Waals surface area (Å²) in [5.41, 5.74) is 3.60. The second kappa shape index (κ2) is 3.81. The zero-order chi connectivity index (χ0) is 11.1. The predicted octanol–water partition coefficient (Wildman–Crippen LogP) is 4.73. The molecule has 1 saturated carbocycles. The highest BCUT2D eigenvalue weighted by molar-refractivity contribution is 5.19. The van der Waals surface area contributed by atoms with Crippen LogP contribution >= 0.6 is 0 Å². The van der Waals surface area contributed by atoms with Gasteiger partial charge in [0.25, 0.3) is 0 Å². The van der Waals surface area contributed by atoms with Crippen LogP contribution in [0.25, 0.3) is 0 Å². The van der Waals surface area contributed by atoms with Crippen molar-refractivity contribution >= 4 is 0 Å². The lowest BCUT2D eigenvalue weighted by Gasteiger charge is -2.39. The topological polar surface area (TPSA) is 0 Å². The maximum absolute atomic E-state index is 4.32. The molecule has 0 spiro atoms. The third-order valence-corrected chi connectivity index (χ3v) is 4.49. The third-order valence-electron chi connectivity index (χ3n) is 4.49. The van der Waals surface area contributed by atoms with Crippen molar-refractivity contribution in [3.8, 4) is 0 Å². The molecule has 1 fully saturated rings. The minimum atomic E-state index is 0.478. The van der Waals surface area contributed by atoms with Crippen molar-refractivity contribution in [3.05, 3.63) is 23.8 Å². The maximum Gasteiger partial charge on any atom is -0.0114 e. The van der Waals surface area contributed by atoms with E-state index >= 15 is 0 Å². The minimum absolute atomic E-state index is 0.478. The van der Waals surface area contributed by atoms with Crippen molar-refractivity contribution in [1.29, 1.82) is 0 Å². The first-order chi connectivity index (χ1) is 7.00. The highest BCUT2D eigenvalue weighted by Crippen LogP contribution is 2.49. The molecule has 0 radical (unpaired) electrons. The van der Waals surface area contributed by atoms with Crippen LogP contribution in [0, 0.1) is 17.3 Å². The van der Waals surface area contributed by atoms with Crippen molar-refractivity contribution in [2.75, 3.05) is 0 Å². The first-order valence-corrected chi connectivity index (χ1v) is 6.36. The summed E-state index contributed by atoms with van der Waals surface area (Å²) in [6, 6.07) is 0. The van der Waals surface area contributed by atoms with Crippen molar-refractivity contribution in [1.82, 2.24) is 0 Å². The van der Waals surface area contributed by atoms with Gasteiger partial charge in [0.1, 0.15) is 0 Å². The van der Waals surface area contributed by atoms with Gasteiger partial charge in [0.15, 0.2) is 0 Å². The molecule has 2 aliphatic carbocycles. The van der Waals surface area contributed by atoms with Crippen molar-refractivity contribution in [2.45, 2.75) is 52.9 Å². The Balaban J connectivity index is 2.34. The van der Waals surface area contributed by atoms with Gasteiger partial charge < -0.3 is 0 Å². The van der Waals surface area contributed by atoms with E-state index < -0.39 is 0 Å².